The summed E-state index contributed by atoms with van der Waals surface area (Å²) in [5, 5.41) is 3.17. The van der Waals surface area contributed by atoms with E-state index in [1.165, 1.54) is 23.4 Å². The van der Waals surface area contributed by atoms with Gasteiger partial charge in [0.05, 0.1) is 6.54 Å². The van der Waals surface area contributed by atoms with Crippen LogP contribution in [-0.4, -0.2) is 28.1 Å². The fourth-order valence-corrected chi connectivity index (χ4v) is 3.64. The molecule has 1 N–H and O–H groups in total. The number of aromatic nitrogens is 1. The third-order valence-electron chi connectivity index (χ3n) is 5.13. The molecule has 0 spiro atoms. The molecule has 130 valence electrons. The first kappa shape index (κ1) is 15.9. The first-order chi connectivity index (χ1) is 12.2. The summed E-state index contributed by atoms with van der Waals surface area (Å²) >= 11 is 0. The monoisotopic (exact) mass is 339 g/mol. The van der Waals surface area contributed by atoms with Gasteiger partial charge in [-0.2, -0.15) is 0 Å². The van der Waals surface area contributed by atoms with Gasteiger partial charge in [0, 0.05) is 31.0 Å². The Bertz CT molecular complexity index is 794. The van der Waals surface area contributed by atoms with Crippen molar-refractivity contribution in [1.82, 2.24) is 14.8 Å². The number of benzene rings is 1. The zero-order chi connectivity index (χ0) is 17.2. The fourth-order valence-electron chi connectivity index (χ4n) is 3.64. The Morgan fingerprint density at radius 2 is 2.00 bits per heavy atom. The maximum absolute atomic E-state index is 13.0. The van der Waals surface area contributed by atoms with E-state index in [0.717, 1.165) is 37.9 Å². The van der Waals surface area contributed by atoms with E-state index >= 15 is 0 Å². The highest BCUT2D eigenvalue weighted by molar-refractivity contribution is 5.75. The van der Waals surface area contributed by atoms with E-state index in [2.05, 4.69) is 28.2 Å². The highest BCUT2D eigenvalue weighted by Gasteiger charge is 2.23. The molecule has 2 amide bonds. The Hall–Kier alpha value is -2.56. The van der Waals surface area contributed by atoms with Crippen LogP contribution in [0.15, 0.2) is 48.7 Å². The molecule has 0 radical (unpaired) electrons. The molecule has 2 aliphatic rings. The fraction of sp³-hybridized carbons (Fsp3) is 0.350. The highest BCUT2D eigenvalue weighted by atomic mass is 19.1. The molecule has 4 rings (SSSR count). The maximum atomic E-state index is 13.0. The van der Waals surface area contributed by atoms with E-state index in [0.29, 0.717) is 6.54 Å². The summed E-state index contributed by atoms with van der Waals surface area (Å²) in [6.45, 7) is 2.27. The van der Waals surface area contributed by atoms with Crippen molar-refractivity contribution < 1.29 is 9.18 Å². The largest absolute Gasteiger partial charge is 0.348 e. The quantitative estimate of drug-likeness (QED) is 0.888. The van der Waals surface area contributed by atoms with Gasteiger partial charge < -0.3 is 14.8 Å². The molecule has 0 bridgehead atoms. The molecule has 2 aromatic rings. The average Bonchev–Trinajstić information content (AvgIpc) is 3.11. The molecule has 4 nitrogen and oxygen atoms in total. The number of nitrogens with one attached hydrogen (secondary N) is 1. The maximum Gasteiger partial charge on any atom is 0.318 e. The lowest BCUT2D eigenvalue weighted by molar-refractivity contribution is 0.179. The van der Waals surface area contributed by atoms with Crippen LogP contribution >= 0.6 is 0 Å². The summed E-state index contributed by atoms with van der Waals surface area (Å²) < 4.78 is 15.2. The Kier molecular flexibility index (Phi) is 4.30. The molecular weight excluding hydrogens is 317 g/mol. The van der Waals surface area contributed by atoms with Crippen molar-refractivity contribution in [3.8, 4) is 0 Å². The molecule has 1 atom stereocenters. The first-order valence-electron chi connectivity index (χ1n) is 8.83. The molecule has 1 aliphatic heterocycles. The number of rotatable bonds is 2. The lowest BCUT2D eigenvalue weighted by atomic mass is 9.91. The van der Waals surface area contributed by atoms with Gasteiger partial charge in [-0.15, -0.1) is 0 Å². The number of carbonyl (C=O) groups excluding carboxylic acids is 1. The van der Waals surface area contributed by atoms with Crippen LogP contribution in [0.4, 0.5) is 9.18 Å². The first-order valence-corrected chi connectivity index (χ1v) is 8.83. The Labute approximate surface area is 146 Å². The highest BCUT2D eigenvalue weighted by Crippen LogP contribution is 2.27. The van der Waals surface area contributed by atoms with Gasteiger partial charge in [0.1, 0.15) is 5.82 Å². The van der Waals surface area contributed by atoms with Crippen LogP contribution in [0.3, 0.4) is 0 Å². The second kappa shape index (κ2) is 6.75. The van der Waals surface area contributed by atoms with Crippen LogP contribution in [-0.2, 0) is 13.1 Å². The van der Waals surface area contributed by atoms with Crippen LogP contribution in [0.25, 0.3) is 5.57 Å². The third-order valence-corrected chi connectivity index (χ3v) is 5.13. The van der Waals surface area contributed by atoms with Gasteiger partial charge in [0.15, 0.2) is 0 Å². The lowest BCUT2D eigenvalue weighted by Gasteiger charge is -2.31. The number of amides is 2. The minimum Gasteiger partial charge on any atom is -0.348 e. The number of nitrogens with zero attached hydrogens (tertiary/aromatic N) is 2. The number of carbonyl (C=O) groups is 1. The van der Waals surface area contributed by atoms with Gasteiger partial charge in [0.2, 0.25) is 0 Å². The summed E-state index contributed by atoms with van der Waals surface area (Å²) in [6.07, 6.45) is 6.87. The minimum atomic E-state index is -0.210. The van der Waals surface area contributed by atoms with Gasteiger partial charge >= 0.3 is 6.03 Å². The van der Waals surface area contributed by atoms with E-state index in [1.807, 2.05) is 23.1 Å². The second-order valence-corrected chi connectivity index (χ2v) is 6.77. The number of halogens is 1. The zero-order valence-electron chi connectivity index (χ0n) is 14.1. The van der Waals surface area contributed by atoms with Gasteiger partial charge in [-0.1, -0.05) is 18.2 Å². The number of urea groups is 1. The number of allylic oxidation sites excluding steroid dienone is 1. The molecule has 1 aliphatic carbocycles. The summed E-state index contributed by atoms with van der Waals surface area (Å²) in [4.78, 5) is 14.4. The molecule has 1 aromatic heterocycles. The molecule has 5 heteroatoms. The van der Waals surface area contributed by atoms with E-state index in [-0.39, 0.29) is 17.9 Å². The van der Waals surface area contributed by atoms with Gasteiger partial charge in [-0.05, 0) is 54.7 Å². The molecule has 1 aromatic carbocycles. The van der Waals surface area contributed by atoms with Crippen molar-refractivity contribution in [3.05, 3.63) is 65.7 Å². The number of hydrogen-bond donors (Lipinski definition) is 1. The van der Waals surface area contributed by atoms with Crippen molar-refractivity contribution in [3.63, 3.8) is 0 Å². The average molecular weight is 339 g/mol. The smallest absolute Gasteiger partial charge is 0.318 e. The van der Waals surface area contributed by atoms with Gasteiger partial charge in [-0.25, -0.2) is 9.18 Å². The summed E-state index contributed by atoms with van der Waals surface area (Å²) in [5.41, 5.74) is 3.49. The van der Waals surface area contributed by atoms with E-state index in [9.17, 15) is 9.18 Å². The van der Waals surface area contributed by atoms with Crippen molar-refractivity contribution in [1.29, 1.82) is 0 Å². The number of fused-ring (bicyclic) bond motifs is 1. The Balaban J connectivity index is 1.34. The molecule has 25 heavy (non-hydrogen) atoms. The molecule has 1 unspecified atom stereocenters. The van der Waals surface area contributed by atoms with Gasteiger partial charge in [0.25, 0.3) is 0 Å². The molecule has 0 saturated carbocycles. The summed E-state index contributed by atoms with van der Waals surface area (Å²) in [7, 11) is 0. The molecular formula is C20H22FN3O. The van der Waals surface area contributed by atoms with Crippen LogP contribution in [0.2, 0.25) is 0 Å². The summed E-state index contributed by atoms with van der Waals surface area (Å²) in [6, 6.07) is 10.9. The van der Waals surface area contributed by atoms with E-state index < -0.39 is 0 Å². The van der Waals surface area contributed by atoms with Crippen molar-refractivity contribution in [2.45, 2.75) is 38.4 Å². The lowest BCUT2D eigenvalue weighted by Crippen LogP contribution is -2.47. The van der Waals surface area contributed by atoms with Crippen LogP contribution < -0.4 is 5.32 Å². The Morgan fingerprint density at radius 3 is 2.76 bits per heavy atom. The number of hydrogen-bond acceptors (Lipinski definition) is 1. The van der Waals surface area contributed by atoms with Crippen LogP contribution in [0, 0.1) is 5.82 Å². The standard InChI is InChI=1S/C20H22FN3O/c21-17-7-3-15(4-8-17)16-5-9-18(10-6-16)22-20(25)24-13-12-23-11-1-2-19(23)14-24/h1-5,7-8,11,18H,6,9-10,12-14H2,(H,22,25). The Morgan fingerprint density at radius 1 is 1.16 bits per heavy atom. The SMILES string of the molecule is O=C(NC1CC=C(c2ccc(F)cc2)CC1)N1CCn2cccc2C1. The molecule has 2 heterocycles. The normalized spacial score (nSPS) is 20.0. The van der Waals surface area contributed by atoms with E-state index in [4.69, 9.17) is 0 Å². The summed E-state index contributed by atoms with van der Waals surface area (Å²) in [5.74, 6) is -0.210. The molecule has 0 saturated heterocycles. The van der Waals surface area contributed by atoms with Crippen LogP contribution in [0.5, 0.6) is 0 Å². The van der Waals surface area contributed by atoms with Crippen molar-refractivity contribution in [2.75, 3.05) is 6.54 Å². The second-order valence-electron chi connectivity index (χ2n) is 6.77. The predicted molar refractivity (Wildman–Crippen MR) is 95.4 cm³/mol. The van der Waals surface area contributed by atoms with Crippen molar-refractivity contribution >= 4 is 11.6 Å². The third kappa shape index (κ3) is 3.45. The van der Waals surface area contributed by atoms with Crippen molar-refractivity contribution in [2.24, 2.45) is 0 Å². The molecule has 0 fully saturated rings. The van der Waals surface area contributed by atoms with Crippen LogP contribution in [0.1, 0.15) is 30.5 Å². The zero-order valence-corrected chi connectivity index (χ0v) is 14.1. The predicted octanol–water partition coefficient (Wildman–Crippen LogP) is 3.79. The van der Waals surface area contributed by atoms with E-state index in [1.54, 1.807) is 0 Å². The minimum absolute atomic E-state index is 0.0242. The van der Waals surface area contributed by atoms with Gasteiger partial charge in [-0.3, -0.25) is 0 Å². The topological polar surface area (TPSA) is 37.3 Å².